The lowest BCUT2D eigenvalue weighted by atomic mass is 10.2. The maximum atomic E-state index is 11.1. The molecule has 0 bridgehead atoms. The Kier molecular flexibility index (Phi) is 4.64. The molecule has 0 aliphatic carbocycles. The standard InChI is InChI=1S/C6H11N3O8P2/c10-6(11)5(1-4-2-7-3-8-4)9(18(12,13)14)19(15,16)17/h2-3,5H,1H2,(H,7,8)(H,10,11)(H2,12,13,14)(H2,15,16,17)/t5-/m0/s1. The zero-order valence-corrected chi connectivity index (χ0v) is 11.0. The largest absolute Gasteiger partial charge is 0.480 e. The number of carboxylic acid groups (broad SMARTS) is 1. The lowest BCUT2D eigenvalue weighted by molar-refractivity contribution is -0.141. The average molecular weight is 315 g/mol. The molecule has 13 heteroatoms. The number of carboxylic acids is 1. The van der Waals surface area contributed by atoms with Crippen LogP contribution >= 0.6 is 15.5 Å². The second-order valence-electron chi connectivity index (χ2n) is 3.48. The van der Waals surface area contributed by atoms with Gasteiger partial charge in [-0.3, -0.25) is 4.79 Å². The molecule has 0 fully saturated rings. The van der Waals surface area contributed by atoms with Crippen molar-refractivity contribution >= 4 is 21.5 Å². The molecule has 0 saturated carbocycles. The fraction of sp³-hybridized carbons (Fsp3) is 0.333. The quantitative estimate of drug-likeness (QED) is 0.352. The minimum atomic E-state index is -5.47. The summed E-state index contributed by atoms with van der Waals surface area (Å²) < 4.78 is 21.6. The van der Waals surface area contributed by atoms with Gasteiger partial charge in [0.2, 0.25) is 0 Å². The van der Waals surface area contributed by atoms with Gasteiger partial charge in [-0.05, 0) is 0 Å². The summed E-state index contributed by atoms with van der Waals surface area (Å²) in [6, 6.07) is -2.11. The SMILES string of the molecule is O=C(O)[C@H](Cc1cnc[nH]1)N(P(=O)(O)O)P(=O)(O)O. The van der Waals surface area contributed by atoms with Crippen molar-refractivity contribution in [2.75, 3.05) is 0 Å². The molecule has 1 atom stereocenters. The van der Waals surface area contributed by atoms with Crippen LogP contribution in [0.3, 0.4) is 0 Å². The van der Waals surface area contributed by atoms with Crippen molar-refractivity contribution in [3.63, 3.8) is 0 Å². The van der Waals surface area contributed by atoms with Crippen molar-refractivity contribution in [2.45, 2.75) is 12.5 Å². The topological polar surface area (TPSA) is 184 Å². The molecule has 1 heterocycles. The van der Waals surface area contributed by atoms with Gasteiger partial charge in [0, 0.05) is 18.3 Å². The Morgan fingerprint density at radius 1 is 1.32 bits per heavy atom. The molecule has 0 amide bonds. The highest BCUT2D eigenvalue weighted by atomic mass is 31.3. The van der Waals surface area contributed by atoms with E-state index in [9.17, 15) is 13.9 Å². The Balaban J connectivity index is 3.18. The zero-order valence-electron chi connectivity index (χ0n) is 9.19. The molecule has 0 unspecified atom stereocenters. The number of aliphatic carboxylic acids is 1. The van der Waals surface area contributed by atoms with Gasteiger partial charge in [0.25, 0.3) is 0 Å². The van der Waals surface area contributed by atoms with Gasteiger partial charge >= 0.3 is 21.5 Å². The molecule has 0 aliphatic rings. The van der Waals surface area contributed by atoms with Crippen LogP contribution in [-0.2, 0) is 20.3 Å². The molecular weight excluding hydrogens is 304 g/mol. The van der Waals surface area contributed by atoms with E-state index in [-0.39, 0.29) is 5.69 Å². The number of imidazole rings is 1. The first-order valence-electron chi connectivity index (χ1n) is 4.65. The normalized spacial score (nSPS) is 14.6. The lowest BCUT2D eigenvalue weighted by Crippen LogP contribution is -2.38. The maximum absolute atomic E-state index is 11.1. The number of carbonyl (C=O) groups is 1. The molecular formula is C6H11N3O8P2. The van der Waals surface area contributed by atoms with E-state index in [0.29, 0.717) is 0 Å². The monoisotopic (exact) mass is 315 g/mol. The molecule has 6 N–H and O–H groups in total. The molecule has 0 aromatic carbocycles. The minimum absolute atomic E-state index is 0.152. The Morgan fingerprint density at radius 3 is 2.16 bits per heavy atom. The number of rotatable bonds is 6. The fourth-order valence-electron chi connectivity index (χ4n) is 1.39. The van der Waals surface area contributed by atoms with Gasteiger partial charge in [0.15, 0.2) is 0 Å². The second-order valence-corrected chi connectivity index (χ2v) is 6.71. The Hall–Kier alpha value is -1.06. The van der Waals surface area contributed by atoms with Crippen LogP contribution in [0.15, 0.2) is 12.5 Å². The van der Waals surface area contributed by atoms with Gasteiger partial charge in [0.05, 0.1) is 6.33 Å². The second kappa shape index (κ2) is 5.51. The van der Waals surface area contributed by atoms with Crippen molar-refractivity contribution in [1.82, 2.24) is 14.4 Å². The van der Waals surface area contributed by atoms with E-state index in [1.807, 2.05) is 0 Å². The van der Waals surface area contributed by atoms with E-state index >= 15 is 0 Å². The third-order valence-corrected chi connectivity index (χ3v) is 5.09. The van der Waals surface area contributed by atoms with Crippen molar-refractivity contribution in [2.24, 2.45) is 0 Å². The van der Waals surface area contributed by atoms with Gasteiger partial charge in [-0.15, -0.1) is 0 Å². The van der Waals surface area contributed by atoms with Crippen molar-refractivity contribution in [3.05, 3.63) is 18.2 Å². The summed E-state index contributed by atoms with van der Waals surface area (Å²) in [4.78, 5) is 52.7. The van der Waals surface area contributed by atoms with E-state index in [1.54, 1.807) is 0 Å². The van der Waals surface area contributed by atoms with Crippen molar-refractivity contribution < 1.29 is 38.6 Å². The molecule has 1 aromatic heterocycles. The van der Waals surface area contributed by atoms with Crippen LogP contribution in [0.4, 0.5) is 0 Å². The summed E-state index contributed by atoms with van der Waals surface area (Å²) in [7, 11) is -10.9. The van der Waals surface area contributed by atoms with Crippen molar-refractivity contribution in [1.29, 1.82) is 0 Å². The number of nitrogens with zero attached hydrogens (tertiary/aromatic N) is 2. The van der Waals surface area contributed by atoms with Crippen LogP contribution in [0.1, 0.15) is 5.69 Å². The highest BCUT2D eigenvalue weighted by Gasteiger charge is 2.48. The summed E-state index contributed by atoms with van der Waals surface area (Å²) in [5.74, 6) is -1.79. The first-order valence-corrected chi connectivity index (χ1v) is 7.78. The third kappa shape index (κ3) is 4.22. The van der Waals surface area contributed by atoms with E-state index in [1.165, 1.54) is 12.5 Å². The molecule has 11 nitrogen and oxygen atoms in total. The molecule has 19 heavy (non-hydrogen) atoms. The van der Waals surface area contributed by atoms with Gasteiger partial charge in [0.1, 0.15) is 6.04 Å². The van der Waals surface area contributed by atoms with Gasteiger partial charge in [-0.1, -0.05) is 4.44 Å². The molecule has 0 saturated heterocycles. The Bertz CT molecular complexity index is 511. The molecule has 0 spiro atoms. The summed E-state index contributed by atoms with van der Waals surface area (Å²) in [6.45, 7) is 0. The summed E-state index contributed by atoms with van der Waals surface area (Å²) in [5.41, 5.74) is 0.152. The smallest absolute Gasteiger partial charge is 0.413 e. The summed E-state index contributed by atoms with van der Waals surface area (Å²) >= 11 is 0. The average Bonchev–Trinajstić information content (AvgIpc) is 2.64. The first kappa shape index (κ1) is 16.0. The Labute approximate surface area is 106 Å². The van der Waals surface area contributed by atoms with Gasteiger partial charge in [-0.2, -0.15) is 0 Å². The minimum Gasteiger partial charge on any atom is -0.480 e. The number of aromatic nitrogens is 2. The first-order chi connectivity index (χ1) is 8.53. The number of nitrogens with one attached hydrogen (secondary N) is 1. The van der Waals surface area contributed by atoms with Crippen LogP contribution in [0.5, 0.6) is 0 Å². The predicted octanol–water partition coefficient (Wildman–Crippen LogP) is -1.11. The highest BCUT2D eigenvalue weighted by molar-refractivity contribution is 7.65. The van der Waals surface area contributed by atoms with Gasteiger partial charge in [-0.25, -0.2) is 14.1 Å². The van der Waals surface area contributed by atoms with E-state index < -0.39 is 38.4 Å². The number of hydrogen-bond donors (Lipinski definition) is 6. The van der Waals surface area contributed by atoms with Crippen LogP contribution in [0, 0.1) is 0 Å². The van der Waals surface area contributed by atoms with E-state index in [2.05, 4.69) is 9.97 Å². The molecule has 0 aliphatic heterocycles. The third-order valence-electron chi connectivity index (χ3n) is 2.07. The maximum Gasteiger partial charge on any atom is 0.413 e. The fourth-order valence-corrected chi connectivity index (χ4v) is 3.69. The molecule has 1 rings (SSSR count). The van der Waals surface area contributed by atoms with Crippen LogP contribution in [0.2, 0.25) is 0 Å². The van der Waals surface area contributed by atoms with E-state index in [0.717, 1.165) is 0 Å². The highest BCUT2D eigenvalue weighted by Crippen LogP contribution is 2.59. The van der Waals surface area contributed by atoms with Crippen molar-refractivity contribution in [3.8, 4) is 0 Å². The van der Waals surface area contributed by atoms with Crippen LogP contribution < -0.4 is 0 Å². The summed E-state index contributed by atoms with van der Waals surface area (Å²) in [6.07, 6.45) is 1.80. The van der Waals surface area contributed by atoms with Crippen LogP contribution in [-0.4, -0.2) is 51.1 Å². The number of aromatic amines is 1. The lowest BCUT2D eigenvalue weighted by Gasteiger charge is -2.28. The van der Waals surface area contributed by atoms with E-state index in [4.69, 9.17) is 24.7 Å². The zero-order chi connectivity index (χ0) is 14.8. The number of H-pyrrole nitrogens is 1. The van der Waals surface area contributed by atoms with Gasteiger partial charge < -0.3 is 29.7 Å². The molecule has 108 valence electrons. The summed E-state index contributed by atoms with van der Waals surface area (Å²) in [5, 5.41) is 8.91. The number of hydrogen-bond acceptors (Lipinski definition) is 4. The molecule has 0 radical (unpaired) electrons. The predicted molar refractivity (Wildman–Crippen MR) is 59.6 cm³/mol. The Morgan fingerprint density at radius 2 is 1.84 bits per heavy atom. The van der Waals surface area contributed by atoms with Crippen LogP contribution in [0.25, 0.3) is 0 Å². The molecule has 1 aromatic rings.